The number of aryl methyl sites for hydroxylation is 1. The zero-order chi connectivity index (χ0) is 24.6. The predicted molar refractivity (Wildman–Crippen MR) is 137 cm³/mol. The number of carbonyl (C=O) groups is 2. The molecule has 0 unspecified atom stereocenters. The third-order valence-electron chi connectivity index (χ3n) is 6.33. The van der Waals surface area contributed by atoms with E-state index in [9.17, 15) is 9.59 Å². The number of nitrogens with one attached hydrogen (secondary N) is 3. The van der Waals surface area contributed by atoms with Crippen LogP contribution in [0.3, 0.4) is 0 Å². The number of rotatable bonds is 8. The van der Waals surface area contributed by atoms with Crippen LogP contribution in [0.1, 0.15) is 31.2 Å². The van der Waals surface area contributed by atoms with Gasteiger partial charge in [-0.2, -0.15) is 0 Å². The van der Waals surface area contributed by atoms with Gasteiger partial charge < -0.3 is 16.0 Å². The van der Waals surface area contributed by atoms with E-state index in [1.165, 1.54) is 6.08 Å². The summed E-state index contributed by atoms with van der Waals surface area (Å²) >= 11 is 0. The second-order valence-electron chi connectivity index (χ2n) is 8.82. The first-order chi connectivity index (χ1) is 17.0. The maximum absolute atomic E-state index is 12.9. The summed E-state index contributed by atoms with van der Waals surface area (Å²) in [4.78, 5) is 37.4. The molecule has 0 spiro atoms. The van der Waals surface area contributed by atoms with Crippen molar-refractivity contribution in [3.63, 3.8) is 0 Å². The summed E-state index contributed by atoms with van der Waals surface area (Å²) in [5.74, 6) is 0.727. The lowest BCUT2D eigenvalue weighted by atomic mass is 9.81. The molecule has 8 nitrogen and oxygen atoms in total. The first-order valence-electron chi connectivity index (χ1n) is 11.8. The maximum Gasteiger partial charge on any atom is 0.243 e. The van der Waals surface area contributed by atoms with Crippen LogP contribution < -0.4 is 16.0 Å². The summed E-state index contributed by atoms with van der Waals surface area (Å²) < 4.78 is 0. The molecular formula is C27H30N6O2. The average Bonchev–Trinajstić information content (AvgIpc) is 2.90. The van der Waals surface area contributed by atoms with E-state index >= 15 is 0 Å². The number of aromatic nitrogens is 3. The van der Waals surface area contributed by atoms with Crippen LogP contribution in [-0.2, 0) is 9.59 Å². The second kappa shape index (κ2) is 11.4. The van der Waals surface area contributed by atoms with Crippen LogP contribution >= 0.6 is 0 Å². The number of hydrogen-bond donors (Lipinski definition) is 3. The van der Waals surface area contributed by atoms with Gasteiger partial charge in [-0.3, -0.25) is 14.6 Å². The van der Waals surface area contributed by atoms with Crippen LogP contribution in [0.4, 0.5) is 17.3 Å². The Balaban J connectivity index is 1.36. The third-order valence-corrected chi connectivity index (χ3v) is 6.33. The van der Waals surface area contributed by atoms with E-state index in [1.807, 2.05) is 43.3 Å². The van der Waals surface area contributed by atoms with Crippen LogP contribution in [0.15, 0.2) is 67.6 Å². The monoisotopic (exact) mass is 470 g/mol. The van der Waals surface area contributed by atoms with Gasteiger partial charge in [-0.15, -0.1) is 0 Å². The van der Waals surface area contributed by atoms with Crippen molar-refractivity contribution in [2.45, 2.75) is 32.6 Å². The molecule has 2 heterocycles. The molecule has 1 aliphatic carbocycles. The number of nitrogens with zero attached hydrogens (tertiary/aromatic N) is 3. The molecule has 1 aromatic carbocycles. The van der Waals surface area contributed by atoms with Gasteiger partial charge in [-0.1, -0.05) is 12.6 Å². The van der Waals surface area contributed by atoms with Crippen molar-refractivity contribution in [3.8, 4) is 11.3 Å². The largest absolute Gasteiger partial charge is 0.352 e. The van der Waals surface area contributed by atoms with Crippen molar-refractivity contribution >= 4 is 29.1 Å². The van der Waals surface area contributed by atoms with E-state index in [4.69, 9.17) is 0 Å². The number of hydrogen-bond acceptors (Lipinski definition) is 6. The molecule has 0 atom stereocenters. The highest BCUT2D eigenvalue weighted by Gasteiger charge is 2.26. The Morgan fingerprint density at radius 3 is 2.69 bits per heavy atom. The molecule has 2 amide bonds. The molecule has 0 aliphatic heterocycles. The predicted octanol–water partition coefficient (Wildman–Crippen LogP) is 4.64. The van der Waals surface area contributed by atoms with E-state index in [0.717, 1.165) is 53.9 Å². The summed E-state index contributed by atoms with van der Waals surface area (Å²) in [7, 11) is 0. The third kappa shape index (κ3) is 6.50. The van der Waals surface area contributed by atoms with Crippen molar-refractivity contribution in [2.75, 3.05) is 17.2 Å². The maximum atomic E-state index is 12.9. The number of amides is 2. The van der Waals surface area contributed by atoms with Gasteiger partial charge in [0, 0.05) is 48.0 Å². The summed E-state index contributed by atoms with van der Waals surface area (Å²) in [5.41, 5.74) is 4.26. The highest BCUT2D eigenvalue weighted by Crippen LogP contribution is 2.30. The summed E-state index contributed by atoms with van der Waals surface area (Å²) in [6, 6.07) is 11.4. The second-order valence-corrected chi connectivity index (χ2v) is 8.82. The van der Waals surface area contributed by atoms with Crippen molar-refractivity contribution in [2.24, 2.45) is 11.8 Å². The molecule has 8 heteroatoms. The molecule has 0 saturated heterocycles. The van der Waals surface area contributed by atoms with E-state index in [-0.39, 0.29) is 17.7 Å². The zero-order valence-corrected chi connectivity index (χ0v) is 19.8. The van der Waals surface area contributed by atoms with Crippen LogP contribution in [-0.4, -0.2) is 33.3 Å². The molecule has 4 rings (SSSR count). The highest BCUT2D eigenvalue weighted by atomic mass is 16.2. The van der Waals surface area contributed by atoms with Crippen LogP contribution in [0.2, 0.25) is 0 Å². The molecule has 35 heavy (non-hydrogen) atoms. The zero-order valence-electron chi connectivity index (χ0n) is 19.8. The Morgan fingerprint density at radius 1 is 1.11 bits per heavy atom. The van der Waals surface area contributed by atoms with Gasteiger partial charge in [0.25, 0.3) is 0 Å². The fourth-order valence-corrected chi connectivity index (χ4v) is 4.24. The van der Waals surface area contributed by atoms with Gasteiger partial charge in [0.1, 0.15) is 0 Å². The normalized spacial score (nSPS) is 17.3. The molecule has 180 valence electrons. The first kappa shape index (κ1) is 24.1. The number of carbonyl (C=O) groups excluding carboxylic acids is 2. The number of anilines is 3. The van der Waals surface area contributed by atoms with Gasteiger partial charge in [0.2, 0.25) is 17.8 Å². The minimum Gasteiger partial charge on any atom is -0.352 e. The fourth-order valence-electron chi connectivity index (χ4n) is 4.24. The van der Waals surface area contributed by atoms with Gasteiger partial charge >= 0.3 is 0 Å². The van der Waals surface area contributed by atoms with E-state index in [2.05, 4.69) is 37.5 Å². The topological polar surface area (TPSA) is 109 Å². The van der Waals surface area contributed by atoms with Crippen molar-refractivity contribution in [1.82, 2.24) is 20.3 Å². The van der Waals surface area contributed by atoms with Crippen LogP contribution in [0, 0.1) is 18.8 Å². The quantitative estimate of drug-likeness (QED) is 0.414. The summed E-state index contributed by atoms with van der Waals surface area (Å²) in [5, 5.41) is 9.19. The lowest BCUT2D eigenvalue weighted by Gasteiger charge is -2.27. The van der Waals surface area contributed by atoms with Gasteiger partial charge in [0.05, 0.1) is 5.69 Å². The molecule has 2 aromatic heterocycles. The summed E-state index contributed by atoms with van der Waals surface area (Å²) in [6.45, 7) is 6.10. The molecule has 1 fully saturated rings. The van der Waals surface area contributed by atoms with Gasteiger partial charge in [-0.25, -0.2) is 9.97 Å². The molecule has 1 aliphatic rings. The van der Waals surface area contributed by atoms with Gasteiger partial charge in [0.15, 0.2) is 0 Å². The van der Waals surface area contributed by atoms with Gasteiger partial charge in [-0.05, 0) is 80.5 Å². The molecule has 3 aromatic rings. The molecule has 0 bridgehead atoms. The molecular weight excluding hydrogens is 440 g/mol. The smallest absolute Gasteiger partial charge is 0.243 e. The molecule has 0 radical (unpaired) electrons. The van der Waals surface area contributed by atoms with Crippen molar-refractivity contribution in [1.29, 1.82) is 0 Å². The van der Waals surface area contributed by atoms with Crippen molar-refractivity contribution < 1.29 is 9.59 Å². The Hall–Kier alpha value is -4.07. The minimum absolute atomic E-state index is 0.0291. The lowest BCUT2D eigenvalue weighted by Crippen LogP contribution is -2.33. The average molecular weight is 471 g/mol. The molecule has 3 N–H and O–H groups in total. The Kier molecular flexibility index (Phi) is 7.82. The number of benzene rings is 1. The standard InChI is InChI=1S/C27H30N6O2/c1-3-25(34)30-16-19-7-9-20(10-8-19)26(35)31-22-11-6-18(2)24(15-22)33-27-29-14-12-23(32-27)21-5-4-13-28-17-21/h3-6,11-15,17,19-20H,1,7-10,16H2,2H3,(H,30,34)(H,31,35)(H,29,32,33). The first-order valence-corrected chi connectivity index (χ1v) is 11.8. The van der Waals surface area contributed by atoms with E-state index in [0.29, 0.717) is 18.4 Å². The summed E-state index contributed by atoms with van der Waals surface area (Å²) in [6.07, 6.45) is 9.94. The van der Waals surface area contributed by atoms with E-state index in [1.54, 1.807) is 18.6 Å². The minimum atomic E-state index is -0.150. The number of pyridine rings is 1. The Bertz CT molecular complexity index is 1190. The van der Waals surface area contributed by atoms with Crippen LogP contribution in [0.5, 0.6) is 0 Å². The fraction of sp³-hybridized carbons (Fsp3) is 0.296. The van der Waals surface area contributed by atoms with E-state index < -0.39 is 0 Å². The molecule has 1 saturated carbocycles. The Morgan fingerprint density at radius 2 is 1.94 bits per heavy atom. The SMILES string of the molecule is C=CC(=O)NCC1CCC(C(=O)Nc2ccc(C)c(Nc3nccc(-c4cccnc4)n3)c2)CC1. The van der Waals surface area contributed by atoms with Crippen LogP contribution in [0.25, 0.3) is 11.3 Å². The Labute approximate surface area is 205 Å². The lowest BCUT2D eigenvalue weighted by molar-refractivity contribution is -0.121. The highest BCUT2D eigenvalue weighted by molar-refractivity contribution is 5.93. The van der Waals surface area contributed by atoms with Crippen molar-refractivity contribution in [3.05, 3.63) is 73.2 Å².